The Balaban J connectivity index is 3.10. The summed E-state index contributed by atoms with van der Waals surface area (Å²) in [6.45, 7) is 0.0136. The Morgan fingerprint density at radius 2 is 2.29 bits per heavy atom. The number of hydrogen-bond acceptors (Lipinski definition) is 3. The molecular weight excluding hydrogens is 183 g/mol. The van der Waals surface area contributed by atoms with E-state index >= 15 is 0 Å². The van der Waals surface area contributed by atoms with Crippen LogP contribution in [-0.4, -0.2) is 6.61 Å². The highest BCUT2D eigenvalue weighted by Gasteiger charge is 2.08. The van der Waals surface area contributed by atoms with E-state index in [4.69, 9.17) is 22.2 Å². The van der Waals surface area contributed by atoms with Gasteiger partial charge in [0.15, 0.2) is 0 Å². The van der Waals surface area contributed by atoms with Gasteiger partial charge in [0.2, 0.25) is 0 Å². The topological polar surface area (TPSA) is 59.0 Å². The van der Waals surface area contributed by atoms with Gasteiger partial charge in [0, 0.05) is 6.07 Å². The predicted molar refractivity (Wildman–Crippen MR) is 49.9 cm³/mol. The minimum absolute atomic E-state index is 0.0136. The second kappa shape index (κ2) is 4.15. The first-order valence-corrected chi connectivity index (χ1v) is 3.74. The molecule has 14 heavy (non-hydrogen) atoms. The van der Waals surface area contributed by atoms with Crippen LogP contribution in [0.5, 0.6) is 5.75 Å². The number of halogens is 1. The molecule has 0 aliphatic rings. The van der Waals surface area contributed by atoms with Gasteiger partial charge in [-0.3, -0.25) is 0 Å². The number of nitrogen functional groups attached to an aromatic ring is 1. The fourth-order valence-corrected chi connectivity index (χ4v) is 0.895. The first-order chi connectivity index (χ1) is 6.69. The summed E-state index contributed by atoms with van der Waals surface area (Å²) in [5.41, 5.74) is 5.30. The highest BCUT2D eigenvalue weighted by atomic mass is 19.1. The van der Waals surface area contributed by atoms with Gasteiger partial charge in [-0.05, 0) is 6.07 Å². The normalized spacial score (nSPS) is 8.79. The number of nitrogens with zero attached hydrogens (tertiary/aromatic N) is 1. The summed E-state index contributed by atoms with van der Waals surface area (Å²) in [6, 6.07) is 4.04. The molecule has 3 nitrogen and oxygen atoms in total. The maximum absolute atomic E-state index is 12.9. The standard InChI is InChI=1S/C10H7FN2O/c1-2-3-14-10-5-9(13)8(11)4-7(10)6-12/h1,4-5H,3,13H2. The van der Waals surface area contributed by atoms with Crippen LogP contribution in [0.2, 0.25) is 0 Å². The maximum Gasteiger partial charge on any atom is 0.148 e. The van der Waals surface area contributed by atoms with Gasteiger partial charge in [-0.25, -0.2) is 4.39 Å². The zero-order valence-corrected chi connectivity index (χ0v) is 7.25. The Bertz CT molecular complexity index is 429. The van der Waals surface area contributed by atoms with Crippen molar-refractivity contribution < 1.29 is 9.13 Å². The van der Waals surface area contributed by atoms with Crippen molar-refractivity contribution in [3.63, 3.8) is 0 Å². The fourth-order valence-electron chi connectivity index (χ4n) is 0.895. The first kappa shape index (κ1) is 9.88. The van der Waals surface area contributed by atoms with Crippen molar-refractivity contribution in [3.8, 4) is 24.2 Å². The third kappa shape index (κ3) is 1.94. The van der Waals surface area contributed by atoms with Crippen LogP contribution in [0.4, 0.5) is 10.1 Å². The molecule has 0 radical (unpaired) electrons. The molecule has 0 bridgehead atoms. The van der Waals surface area contributed by atoms with Gasteiger partial charge >= 0.3 is 0 Å². The number of anilines is 1. The minimum atomic E-state index is -0.644. The van der Waals surface area contributed by atoms with Crippen molar-refractivity contribution in [1.29, 1.82) is 5.26 Å². The van der Waals surface area contributed by atoms with Crippen LogP contribution in [0.25, 0.3) is 0 Å². The van der Waals surface area contributed by atoms with Crippen LogP contribution in [0.15, 0.2) is 12.1 Å². The number of nitrogens with two attached hydrogens (primary N) is 1. The molecule has 0 amide bonds. The van der Waals surface area contributed by atoms with Crippen molar-refractivity contribution in [3.05, 3.63) is 23.5 Å². The molecule has 1 aromatic rings. The Kier molecular flexibility index (Phi) is 2.93. The van der Waals surface area contributed by atoms with E-state index in [0.29, 0.717) is 0 Å². The van der Waals surface area contributed by atoms with Crippen LogP contribution in [-0.2, 0) is 0 Å². The number of benzene rings is 1. The molecule has 0 unspecified atom stereocenters. The molecule has 2 N–H and O–H groups in total. The molecule has 0 spiro atoms. The molecular formula is C10H7FN2O. The summed E-state index contributed by atoms with van der Waals surface area (Å²) in [5, 5.41) is 8.64. The predicted octanol–water partition coefficient (Wildman–Crippen LogP) is 1.29. The Labute approximate surface area is 80.9 Å². The quantitative estimate of drug-likeness (QED) is 0.564. The number of hydrogen-bond donors (Lipinski definition) is 1. The summed E-state index contributed by atoms with van der Waals surface area (Å²) in [4.78, 5) is 0. The van der Waals surface area contributed by atoms with Crippen molar-refractivity contribution in [1.82, 2.24) is 0 Å². The summed E-state index contributed by atoms with van der Waals surface area (Å²) < 4.78 is 17.9. The van der Waals surface area contributed by atoms with Gasteiger partial charge in [-0.2, -0.15) is 5.26 Å². The lowest BCUT2D eigenvalue weighted by Gasteiger charge is -2.05. The van der Waals surface area contributed by atoms with Gasteiger partial charge < -0.3 is 10.5 Å². The average molecular weight is 190 g/mol. The highest BCUT2D eigenvalue weighted by molar-refractivity contribution is 5.54. The molecule has 0 aliphatic heterocycles. The van der Waals surface area contributed by atoms with Crippen molar-refractivity contribution in [2.24, 2.45) is 0 Å². The molecule has 0 saturated heterocycles. The van der Waals surface area contributed by atoms with Gasteiger partial charge in [-0.1, -0.05) is 5.92 Å². The SMILES string of the molecule is C#CCOc1cc(N)c(F)cc1C#N. The molecule has 70 valence electrons. The van der Waals surface area contributed by atoms with Gasteiger partial charge in [-0.15, -0.1) is 6.42 Å². The second-order valence-electron chi connectivity index (χ2n) is 2.47. The van der Waals surface area contributed by atoms with Crippen LogP contribution in [0.3, 0.4) is 0 Å². The molecule has 0 atom stereocenters. The van der Waals surface area contributed by atoms with Crippen LogP contribution >= 0.6 is 0 Å². The van der Waals surface area contributed by atoms with Crippen LogP contribution < -0.4 is 10.5 Å². The van der Waals surface area contributed by atoms with Crippen LogP contribution in [0.1, 0.15) is 5.56 Å². The monoisotopic (exact) mass is 190 g/mol. The first-order valence-electron chi connectivity index (χ1n) is 3.74. The summed E-state index contributed by atoms with van der Waals surface area (Å²) in [5.74, 6) is 1.79. The minimum Gasteiger partial charge on any atom is -0.479 e. The average Bonchev–Trinajstić information content (AvgIpc) is 2.19. The van der Waals surface area contributed by atoms with E-state index in [0.717, 1.165) is 6.07 Å². The van der Waals surface area contributed by atoms with E-state index in [1.807, 2.05) is 0 Å². The van der Waals surface area contributed by atoms with E-state index in [1.54, 1.807) is 6.07 Å². The Morgan fingerprint density at radius 1 is 1.57 bits per heavy atom. The molecule has 0 heterocycles. The van der Waals surface area contributed by atoms with Crippen molar-refractivity contribution in [2.45, 2.75) is 0 Å². The van der Waals surface area contributed by atoms with E-state index in [1.165, 1.54) is 6.07 Å². The van der Waals surface area contributed by atoms with E-state index in [-0.39, 0.29) is 23.6 Å². The van der Waals surface area contributed by atoms with E-state index < -0.39 is 5.82 Å². The Morgan fingerprint density at radius 3 is 2.86 bits per heavy atom. The van der Waals surface area contributed by atoms with Gasteiger partial charge in [0.05, 0.1) is 11.3 Å². The Hall–Kier alpha value is -2.20. The summed E-state index contributed by atoms with van der Waals surface area (Å²) in [7, 11) is 0. The third-order valence-corrected chi connectivity index (χ3v) is 1.53. The zero-order chi connectivity index (χ0) is 10.6. The fraction of sp³-hybridized carbons (Fsp3) is 0.100. The third-order valence-electron chi connectivity index (χ3n) is 1.53. The van der Waals surface area contributed by atoms with Gasteiger partial charge in [0.1, 0.15) is 24.2 Å². The molecule has 1 rings (SSSR count). The lowest BCUT2D eigenvalue weighted by atomic mass is 10.2. The highest BCUT2D eigenvalue weighted by Crippen LogP contribution is 2.23. The summed E-state index contributed by atoms with van der Waals surface area (Å²) in [6.07, 6.45) is 4.97. The van der Waals surface area contributed by atoms with Crippen LogP contribution in [0, 0.1) is 29.5 Å². The molecule has 1 aromatic carbocycles. The van der Waals surface area contributed by atoms with Crippen molar-refractivity contribution in [2.75, 3.05) is 12.3 Å². The number of ether oxygens (including phenoxy) is 1. The largest absolute Gasteiger partial charge is 0.479 e. The van der Waals surface area contributed by atoms with Gasteiger partial charge in [0.25, 0.3) is 0 Å². The smallest absolute Gasteiger partial charge is 0.148 e. The summed E-state index contributed by atoms with van der Waals surface area (Å²) >= 11 is 0. The molecule has 4 heteroatoms. The molecule has 0 aliphatic carbocycles. The lowest BCUT2D eigenvalue weighted by Crippen LogP contribution is -1.99. The number of terminal acetylenes is 1. The molecule has 0 saturated carbocycles. The number of rotatable bonds is 2. The molecule has 0 aromatic heterocycles. The van der Waals surface area contributed by atoms with Crippen molar-refractivity contribution >= 4 is 5.69 Å². The number of nitriles is 1. The second-order valence-corrected chi connectivity index (χ2v) is 2.47. The molecule has 0 fully saturated rings. The van der Waals surface area contributed by atoms with E-state index in [2.05, 4.69) is 5.92 Å². The lowest BCUT2D eigenvalue weighted by molar-refractivity contribution is 0.369. The zero-order valence-electron chi connectivity index (χ0n) is 7.25. The maximum atomic E-state index is 12.9. The van der Waals surface area contributed by atoms with E-state index in [9.17, 15) is 4.39 Å².